The molecule has 1 N–H and O–H groups in total. The van der Waals surface area contributed by atoms with Gasteiger partial charge < -0.3 is 10.1 Å². The van der Waals surface area contributed by atoms with Gasteiger partial charge in [0.1, 0.15) is 12.2 Å². The van der Waals surface area contributed by atoms with Gasteiger partial charge in [-0.2, -0.15) is 5.10 Å². The summed E-state index contributed by atoms with van der Waals surface area (Å²) >= 11 is 3.19. The summed E-state index contributed by atoms with van der Waals surface area (Å²) in [5.41, 5.74) is 0.418. The highest BCUT2D eigenvalue weighted by atomic mass is 79.9. The van der Waals surface area contributed by atoms with Crippen molar-refractivity contribution in [2.24, 2.45) is 0 Å². The molecular weight excluding hydrogens is 348 g/mol. The van der Waals surface area contributed by atoms with Gasteiger partial charge in [0, 0.05) is 26.2 Å². The number of rotatable bonds is 8. The van der Waals surface area contributed by atoms with Gasteiger partial charge in [0.25, 0.3) is 6.43 Å². The maximum absolute atomic E-state index is 12.9. The Morgan fingerprint density at radius 1 is 1.57 bits per heavy atom. The molecule has 1 aliphatic carbocycles. The van der Waals surface area contributed by atoms with Crippen LogP contribution in [0.3, 0.4) is 0 Å². The van der Waals surface area contributed by atoms with Crippen molar-refractivity contribution in [1.29, 1.82) is 0 Å². The lowest BCUT2D eigenvalue weighted by molar-refractivity contribution is -0.121. The predicted molar refractivity (Wildman–Crippen MR) is 76.4 cm³/mol. The Balaban J connectivity index is 2.01. The third-order valence-electron chi connectivity index (χ3n) is 3.27. The molecule has 1 aromatic heterocycles. The standard InChI is InChI=1S/C13H18BrF2N3O2/c1-21-6-2-5-17-9(20)7-19-12(8-3-4-8)10(14)11(18-19)13(15)16/h8,13H,2-7H2,1H3,(H,17,20). The van der Waals surface area contributed by atoms with Crippen molar-refractivity contribution in [2.75, 3.05) is 20.3 Å². The van der Waals surface area contributed by atoms with Crippen LogP contribution in [0.1, 0.15) is 43.0 Å². The van der Waals surface area contributed by atoms with E-state index in [1.807, 2.05) is 0 Å². The van der Waals surface area contributed by atoms with Crippen LogP contribution < -0.4 is 5.32 Å². The molecule has 1 aromatic rings. The normalized spacial score (nSPS) is 14.7. The molecule has 1 fully saturated rings. The molecule has 2 rings (SSSR count). The van der Waals surface area contributed by atoms with Crippen molar-refractivity contribution in [3.8, 4) is 0 Å². The van der Waals surface area contributed by atoms with E-state index in [1.54, 1.807) is 7.11 Å². The van der Waals surface area contributed by atoms with Crippen LogP contribution in [0.5, 0.6) is 0 Å². The minimum absolute atomic E-state index is 0.0376. The zero-order valence-electron chi connectivity index (χ0n) is 11.7. The van der Waals surface area contributed by atoms with Gasteiger partial charge in [-0.3, -0.25) is 9.48 Å². The van der Waals surface area contributed by atoms with E-state index in [9.17, 15) is 13.6 Å². The summed E-state index contributed by atoms with van der Waals surface area (Å²) in [7, 11) is 1.59. The molecule has 1 aliphatic rings. The van der Waals surface area contributed by atoms with Gasteiger partial charge >= 0.3 is 0 Å². The second kappa shape index (κ2) is 7.31. The minimum atomic E-state index is -2.65. The van der Waals surface area contributed by atoms with E-state index in [4.69, 9.17) is 4.74 Å². The predicted octanol–water partition coefficient (Wildman–Crippen LogP) is 2.61. The fourth-order valence-corrected chi connectivity index (χ4v) is 2.90. The third-order valence-corrected chi connectivity index (χ3v) is 4.08. The number of hydrogen-bond donors (Lipinski definition) is 1. The molecule has 0 spiro atoms. The van der Waals surface area contributed by atoms with Crippen molar-refractivity contribution in [2.45, 2.75) is 38.2 Å². The maximum Gasteiger partial charge on any atom is 0.283 e. The summed E-state index contributed by atoms with van der Waals surface area (Å²) in [4.78, 5) is 11.8. The summed E-state index contributed by atoms with van der Waals surface area (Å²) in [6.45, 7) is 1.02. The van der Waals surface area contributed by atoms with Gasteiger partial charge in [0.2, 0.25) is 5.91 Å². The number of nitrogens with zero attached hydrogens (tertiary/aromatic N) is 2. The largest absolute Gasteiger partial charge is 0.385 e. The molecule has 0 aromatic carbocycles. The maximum atomic E-state index is 12.9. The summed E-state index contributed by atoms with van der Waals surface area (Å²) in [5.74, 6) is -0.00974. The summed E-state index contributed by atoms with van der Waals surface area (Å²) in [5, 5.41) is 6.62. The summed E-state index contributed by atoms with van der Waals surface area (Å²) < 4.78 is 32.4. The van der Waals surface area contributed by atoms with Crippen molar-refractivity contribution >= 4 is 21.8 Å². The van der Waals surface area contributed by atoms with Crippen molar-refractivity contribution in [1.82, 2.24) is 15.1 Å². The van der Waals surface area contributed by atoms with E-state index in [1.165, 1.54) is 4.68 Å². The van der Waals surface area contributed by atoms with Crippen LogP contribution in [0.25, 0.3) is 0 Å². The van der Waals surface area contributed by atoms with Gasteiger partial charge in [-0.25, -0.2) is 8.78 Å². The number of aromatic nitrogens is 2. The number of nitrogens with one attached hydrogen (secondary N) is 1. The number of methoxy groups -OCH3 is 1. The fourth-order valence-electron chi connectivity index (χ4n) is 2.12. The van der Waals surface area contributed by atoms with Crippen molar-refractivity contribution in [3.05, 3.63) is 15.9 Å². The second-order valence-corrected chi connectivity index (χ2v) is 5.81. The van der Waals surface area contributed by atoms with Crippen LogP contribution in [-0.4, -0.2) is 35.9 Å². The van der Waals surface area contributed by atoms with Gasteiger partial charge in [0.15, 0.2) is 0 Å². The molecule has 0 saturated heterocycles. The Labute approximate surface area is 130 Å². The molecule has 0 aliphatic heterocycles. The first-order valence-electron chi connectivity index (χ1n) is 6.84. The number of carbonyl (C=O) groups excluding carboxylic acids is 1. The van der Waals surface area contributed by atoms with E-state index in [-0.39, 0.29) is 24.1 Å². The average molecular weight is 366 g/mol. The van der Waals surface area contributed by atoms with Crippen molar-refractivity contribution < 1.29 is 18.3 Å². The van der Waals surface area contributed by atoms with Crippen LogP contribution in [0, 0.1) is 0 Å². The molecule has 8 heteroatoms. The number of amides is 1. The first-order valence-corrected chi connectivity index (χ1v) is 7.63. The lowest BCUT2D eigenvalue weighted by Gasteiger charge is -2.08. The van der Waals surface area contributed by atoms with Gasteiger partial charge in [-0.05, 0) is 35.2 Å². The highest BCUT2D eigenvalue weighted by Crippen LogP contribution is 2.45. The number of alkyl halides is 2. The van der Waals surface area contributed by atoms with Gasteiger partial charge in [-0.15, -0.1) is 0 Å². The highest BCUT2D eigenvalue weighted by Gasteiger charge is 2.33. The molecular formula is C13H18BrF2N3O2. The first kappa shape index (κ1) is 16.4. The molecule has 0 radical (unpaired) electrons. The molecule has 5 nitrogen and oxygen atoms in total. The summed E-state index contributed by atoms with van der Waals surface area (Å²) in [6.07, 6.45) is -0.0453. The topological polar surface area (TPSA) is 56.1 Å². The van der Waals surface area contributed by atoms with Gasteiger partial charge in [0.05, 0.1) is 10.2 Å². The van der Waals surface area contributed by atoms with Gasteiger partial charge in [-0.1, -0.05) is 0 Å². The monoisotopic (exact) mass is 365 g/mol. The van der Waals surface area contributed by atoms with Crippen LogP contribution in [-0.2, 0) is 16.1 Å². The molecule has 0 bridgehead atoms. The number of carbonyl (C=O) groups is 1. The molecule has 1 heterocycles. The first-order chi connectivity index (χ1) is 10.0. The Bertz CT molecular complexity index is 504. The van der Waals surface area contributed by atoms with Crippen LogP contribution in [0.15, 0.2) is 4.47 Å². The number of ether oxygens (including phenoxy) is 1. The summed E-state index contributed by atoms with van der Waals surface area (Å²) in [6, 6.07) is 0. The minimum Gasteiger partial charge on any atom is -0.385 e. The Hall–Kier alpha value is -1.02. The number of halogens is 3. The molecule has 0 atom stereocenters. The van der Waals surface area contributed by atoms with Crippen molar-refractivity contribution in [3.63, 3.8) is 0 Å². The zero-order chi connectivity index (χ0) is 15.4. The van der Waals surface area contributed by atoms with E-state index in [0.29, 0.717) is 29.7 Å². The Morgan fingerprint density at radius 3 is 2.86 bits per heavy atom. The Morgan fingerprint density at radius 2 is 2.29 bits per heavy atom. The second-order valence-electron chi connectivity index (χ2n) is 5.01. The SMILES string of the molecule is COCCCNC(=O)Cn1nc(C(F)F)c(Br)c1C1CC1. The lowest BCUT2D eigenvalue weighted by Crippen LogP contribution is -2.30. The molecule has 118 valence electrons. The van der Waals surface area contributed by atoms with E-state index < -0.39 is 6.43 Å². The zero-order valence-corrected chi connectivity index (χ0v) is 13.3. The Kier molecular flexibility index (Phi) is 5.69. The lowest BCUT2D eigenvalue weighted by atomic mass is 10.2. The highest BCUT2D eigenvalue weighted by molar-refractivity contribution is 9.10. The molecule has 21 heavy (non-hydrogen) atoms. The molecule has 1 saturated carbocycles. The average Bonchev–Trinajstić information content (AvgIpc) is 3.20. The molecule has 0 unspecified atom stereocenters. The smallest absolute Gasteiger partial charge is 0.283 e. The quantitative estimate of drug-likeness (QED) is 0.720. The van der Waals surface area contributed by atoms with E-state index >= 15 is 0 Å². The van der Waals surface area contributed by atoms with E-state index in [0.717, 1.165) is 12.8 Å². The van der Waals surface area contributed by atoms with E-state index in [2.05, 4.69) is 26.3 Å². The van der Waals surface area contributed by atoms with Crippen LogP contribution in [0.4, 0.5) is 8.78 Å². The third kappa shape index (κ3) is 4.23. The fraction of sp³-hybridized carbons (Fsp3) is 0.692. The van der Waals surface area contributed by atoms with Crippen LogP contribution in [0.2, 0.25) is 0 Å². The van der Waals surface area contributed by atoms with Crippen LogP contribution >= 0.6 is 15.9 Å². The number of hydrogen-bond acceptors (Lipinski definition) is 3. The molecule has 1 amide bonds.